The van der Waals surface area contributed by atoms with Crippen molar-refractivity contribution in [1.82, 2.24) is 4.98 Å². The van der Waals surface area contributed by atoms with Crippen LogP contribution in [0.25, 0.3) is 0 Å². The zero-order chi connectivity index (χ0) is 20.1. The highest BCUT2D eigenvalue weighted by molar-refractivity contribution is 6.34. The Morgan fingerprint density at radius 3 is 2.50 bits per heavy atom. The molecule has 1 amide bonds. The predicted molar refractivity (Wildman–Crippen MR) is 105 cm³/mol. The number of rotatable bonds is 5. The SMILES string of the molecule is COC(=O)c1ccc(Cl)c(NC(=O)c2cc(Nc3ccc(F)cc3)ccn2)c1. The fourth-order valence-electron chi connectivity index (χ4n) is 2.38. The second-order valence-corrected chi connectivity index (χ2v) is 6.11. The van der Waals surface area contributed by atoms with Gasteiger partial charge in [-0.25, -0.2) is 9.18 Å². The maximum atomic E-state index is 13.0. The van der Waals surface area contributed by atoms with E-state index in [1.807, 2.05) is 0 Å². The molecule has 6 nitrogen and oxygen atoms in total. The van der Waals surface area contributed by atoms with E-state index in [0.29, 0.717) is 11.4 Å². The van der Waals surface area contributed by atoms with E-state index in [4.69, 9.17) is 11.6 Å². The standard InChI is InChI=1S/C20H15ClFN3O3/c1-28-20(27)12-2-7-16(21)17(10-12)25-19(26)18-11-15(8-9-23-18)24-14-5-3-13(22)4-6-14/h2-11H,1H3,(H,23,24)(H,25,26). The summed E-state index contributed by atoms with van der Waals surface area (Å²) in [7, 11) is 1.26. The number of hydrogen-bond acceptors (Lipinski definition) is 5. The molecule has 0 aliphatic carbocycles. The number of carbonyl (C=O) groups excluding carboxylic acids is 2. The maximum absolute atomic E-state index is 13.0. The fraction of sp³-hybridized carbons (Fsp3) is 0.0500. The number of ether oxygens (including phenoxy) is 1. The van der Waals surface area contributed by atoms with Gasteiger partial charge in [0, 0.05) is 17.6 Å². The van der Waals surface area contributed by atoms with Gasteiger partial charge in [-0.3, -0.25) is 9.78 Å². The van der Waals surface area contributed by atoms with E-state index in [0.717, 1.165) is 0 Å². The molecule has 0 spiro atoms. The van der Waals surface area contributed by atoms with Crippen LogP contribution in [0.5, 0.6) is 0 Å². The lowest BCUT2D eigenvalue weighted by Gasteiger charge is -2.10. The first-order valence-corrected chi connectivity index (χ1v) is 8.52. The Morgan fingerprint density at radius 2 is 1.79 bits per heavy atom. The lowest BCUT2D eigenvalue weighted by atomic mass is 10.2. The van der Waals surface area contributed by atoms with Gasteiger partial charge in [-0.1, -0.05) is 11.6 Å². The first kappa shape index (κ1) is 19.3. The van der Waals surface area contributed by atoms with Crippen LogP contribution >= 0.6 is 11.6 Å². The molecular weight excluding hydrogens is 385 g/mol. The number of anilines is 3. The van der Waals surface area contributed by atoms with Crippen LogP contribution in [0.4, 0.5) is 21.5 Å². The number of benzene rings is 2. The van der Waals surface area contributed by atoms with Crippen LogP contribution in [0, 0.1) is 5.82 Å². The van der Waals surface area contributed by atoms with Crippen molar-refractivity contribution in [2.75, 3.05) is 17.7 Å². The molecule has 0 saturated carbocycles. The van der Waals surface area contributed by atoms with Crippen molar-refractivity contribution in [2.45, 2.75) is 0 Å². The first-order chi connectivity index (χ1) is 13.5. The summed E-state index contributed by atoms with van der Waals surface area (Å²) in [5, 5.41) is 5.95. The molecule has 3 rings (SSSR count). The van der Waals surface area contributed by atoms with Crippen LogP contribution in [0.3, 0.4) is 0 Å². The molecule has 0 unspecified atom stereocenters. The summed E-state index contributed by atoms with van der Waals surface area (Å²) >= 11 is 6.10. The molecule has 1 aromatic heterocycles. The summed E-state index contributed by atoms with van der Waals surface area (Å²) in [6.07, 6.45) is 1.47. The Labute approximate surface area is 165 Å². The minimum atomic E-state index is -0.546. The molecule has 3 aromatic rings. The third-order valence-electron chi connectivity index (χ3n) is 3.76. The molecule has 142 valence electrons. The third kappa shape index (κ3) is 4.63. The van der Waals surface area contributed by atoms with Gasteiger partial charge in [0.15, 0.2) is 0 Å². The number of halogens is 2. The van der Waals surface area contributed by atoms with Crippen molar-refractivity contribution in [3.8, 4) is 0 Å². The molecule has 1 heterocycles. The number of pyridine rings is 1. The first-order valence-electron chi connectivity index (χ1n) is 8.14. The summed E-state index contributed by atoms with van der Waals surface area (Å²) in [5.74, 6) is -1.39. The van der Waals surface area contributed by atoms with Gasteiger partial charge in [0.2, 0.25) is 0 Å². The number of esters is 1. The van der Waals surface area contributed by atoms with E-state index in [-0.39, 0.29) is 27.8 Å². The summed E-state index contributed by atoms with van der Waals surface area (Å²) in [5.41, 5.74) is 1.90. The molecule has 0 saturated heterocycles. The number of nitrogens with zero attached hydrogens (tertiary/aromatic N) is 1. The van der Waals surface area contributed by atoms with Crippen molar-refractivity contribution in [3.05, 3.63) is 82.9 Å². The molecule has 2 aromatic carbocycles. The van der Waals surface area contributed by atoms with Crippen molar-refractivity contribution >= 4 is 40.5 Å². The zero-order valence-corrected chi connectivity index (χ0v) is 15.5. The van der Waals surface area contributed by atoms with Crippen molar-refractivity contribution in [2.24, 2.45) is 0 Å². The smallest absolute Gasteiger partial charge is 0.337 e. The van der Waals surface area contributed by atoms with Gasteiger partial charge in [0.1, 0.15) is 11.5 Å². The van der Waals surface area contributed by atoms with Crippen molar-refractivity contribution in [3.63, 3.8) is 0 Å². The van der Waals surface area contributed by atoms with Gasteiger partial charge >= 0.3 is 5.97 Å². The summed E-state index contributed by atoms with van der Waals surface area (Å²) in [6, 6.07) is 13.4. The van der Waals surface area contributed by atoms with Crippen LogP contribution < -0.4 is 10.6 Å². The average molecular weight is 400 g/mol. The highest BCUT2D eigenvalue weighted by Gasteiger charge is 2.14. The lowest BCUT2D eigenvalue weighted by molar-refractivity contribution is 0.0600. The van der Waals surface area contributed by atoms with Crippen molar-refractivity contribution < 1.29 is 18.7 Å². The van der Waals surface area contributed by atoms with Gasteiger partial charge in [-0.05, 0) is 54.6 Å². The van der Waals surface area contributed by atoms with Gasteiger partial charge in [-0.15, -0.1) is 0 Å². The summed E-state index contributed by atoms with van der Waals surface area (Å²) in [6.45, 7) is 0. The summed E-state index contributed by atoms with van der Waals surface area (Å²) in [4.78, 5) is 28.2. The molecule has 0 aliphatic heterocycles. The molecule has 2 N–H and O–H groups in total. The molecule has 0 bridgehead atoms. The highest BCUT2D eigenvalue weighted by atomic mass is 35.5. The van der Waals surface area contributed by atoms with Gasteiger partial charge in [0.25, 0.3) is 5.91 Å². The number of amides is 1. The molecular formula is C20H15ClFN3O3. The number of methoxy groups -OCH3 is 1. The van der Waals surface area contributed by atoms with E-state index in [9.17, 15) is 14.0 Å². The lowest BCUT2D eigenvalue weighted by Crippen LogP contribution is -2.15. The Morgan fingerprint density at radius 1 is 1.04 bits per heavy atom. The van der Waals surface area contributed by atoms with Crippen LogP contribution in [-0.2, 0) is 4.74 Å². The number of hydrogen-bond donors (Lipinski definition) is 2. The van der Waals surface area contributed by atoms with E-state index in [1.165, 1.54) is 49.7 Å². The molecule has 0 atom stereocenters. The Balaban J connectivity index is 1.78. The minimum Gasteiger partial charge on any atom is -0.465 e. The average Bonchev–Trinajstić information content (AvgIpc) is 2.71. The predicted octanol–water partition coefficient (Wildman–Crippen LogP) is 4.66. The van der Waals surface area contributed by atoms with Gasteiger partial charge < -0.3 is 15.4 Å². The highest BCUT2D eigenvalue weighted by Crippen LogP contribution is 2.24. The molecule has 0 radical (unpaired) electrons. The molecule has 28 heavy (non-hydrogen) atoms. The second kappa shape index (κ2) is 8.49. The Bertz CT molecular complexity index is 1030. The second-order valence-electron chi connectivity index (χ2n) is 5.70. The largest absolute Gasteiger partial charge is 0.465 e. The zero-order valence-electron chi connectivity index (χ0n) is 14.7. The van der Waals surface area contributed by atoms with Crippen LogP contribution in [0.15, 0.2) is 60.8 Å². The normalized spacial score (nSPS) is 10.2. The molecule has 0 aliphatic rings. The number of carbonyl (C=O) groups is 2. The Hall–Kier alpha value is -3.45. The van der Waals surface area contributed by atoms with E-state index in [1.54, 1.807) is 18.2 Å². The molecule has 0 fully saturated rings. The fourth-order valence-corrected chi connectivity index (χ4v) is 2.55. The maximum Gasteiger partial charge on any atom is 0.337 e. The molecule has 8 heteroatoms. The van der Waals surface area contributed by atoms with Crippen LogP contribution in [0.1, 0.15) is 20.8 Å². The number of aromatic nitrogens is 1. The summed E-state index contributed by atoms with van der Waals surface area (Å²) < 4.78 is 17.7. The van der Waals surface area contributed by atoms with Crippen molar-refractivity contribution in [1.29, 1.82) is 0 Å². The topological polar surface area (TPSA) is 80.3 Å². The van der Waals surface area contributed by atoms with E-state index >= 15 is 0 Å². The van der Waals surface area contributed by atoms with Crippen LogP contribution in [0.2, 0.25) is 5.02 Å². The number of nitrogens with one attached hydrogen (secondary N) is 2. The Kier molecular flexibility index (Phi) is 5.86. The van der Waals surface area contributed by atoms with Gasteiger partial charge in [-0.2, -0.15) is 0 Å². The monoisotopic (exact) mass is 399 g/mol. The quantitative estimate of drug-likeness (QED) is 0.610. The van der Waals surface area contributed by atoms with Gasteiger partial charge in [0.05, 0.1) is 23.4 Å². The minimum absolute atomic E-state index is 0.131. The third-order valence-corrected chi connectivity index (χ3v) is 4.09. The van der Waals surface area contributed by atoms with E-state index in [2.05, 4.69) is 20.4 Å². The van der Waals surface area contributed by atoms with Crippen LogP contribution in [-0.4, -0.2) is 24.0 Å². The van der Waals surface area contributed by atoms with E-state index < -0.39 is 11.9 Å².